The summed E-state index contributed by atoms with van der Waals surface area (Å²) < 4.78 is 5.38. The third-order valence-corrected chi connectivity index (χ3v) is 3.99. The van der Waals surface area contributed by atoms with E-state index in [0.717, 1.165) is 11.4 Å². The van der Waals surface area contributed by atoms with E-state index in [1.807, 2.05) is 13.0 Å². The van der Waals surface area contributed by atoms with Crippen molar-refractivity contribution in [1.82, 2.24) is 4.98 Å². The van der Waals surface area contributed by atoms with E-state index in [1.165, 1.54) is 13.1 Å². The van der Waals surface area contributed by atoms with E-state index in [1.54, 1.807) is 54.6 Å². The molecule has 0 bridgehead atoms. The molecule has 0 saturated carbocycles. The number of rotatable bonds is 7. The van der Waals surface area contributed by atoms with Crippen LogP contribution in [0.3, 0.4) is 0 Å². The van der Waals surface area contributed by atoms with Crippen LogP contribution in [-0.4, -0.2) is 23.3 Å². The molecule has 142 valence electrons. The van der Waals surface area contributed by atoms with Gasteiger partial charge in [0.25, 0.3) is 5.91 Å². The number of hydrogen-bond donors (Lipinski definition) is 2. The smallest absolute Gasteiger partial charge is 0.257 e. The van der Waals surface area contributed by atoms with Crippen LogP contribution in [0.25, 0.3) is 0 Å². The molecule has 0 unspecified atom stereocenters. The lowest BCUT2D eigenvalue weighted by atomic mass is 10.1. The highest BCUT2D eigenvalue weighted by molar-refractivity contribution is 6.04. The Labute approximate surface area is 163 Å². The first kappa shape index (κ1) is 19.1. The molecule has 2 N–H and O–H groups in total. The second-order valence-electron chi connectivity index (χ2n) is 6.11. The Hall–Kier alpha value is -3.67. The molecule has 0 fully saturated rings. The molecule has 1 heterocycles. The first-order chi connectivity index (χ1) is 13.5. The molecule has 0 aliphatic heterocycles. The van der Waals surface area contributed by atoms with Gasteiger partial charge in [-0.15, -0.1) is 0 Å². The summed E-state index contributed by atoms with van der Waals surface area (Å²) in [6.07, 6.45) is 1.50. The van der Waals surface area contributed by atoms with Crippen LogP contribution in [0.4, 0.5) is 17.2 Å². The Morgan fingerprint density at radius 3 is 2.39 bits per heavy atom. The van der Waals surface area contributed by atoms with Crippen molar-refractivity contribution in [2.24, 2.45) is 0 Å². The van der Waals surface area contributed by atoms with Gasteiger partial charge in [0.1, 0.15) is 11.6 Å². The average molecular weight is 375 g/mol. The van der Waals surface area contributed by atoms with E-state index in [9.17, 15) is 9.59 Å². The monoisotopic (exact) mass is 375 g/mol. The van der Waals surface area contributed by atoms with Crippen molar-refractivity contribution in [3.63, 3.8) is 0 Å². The van der Waals surface area contributed by atoms with Crippen molar-refractivity contribution in [2.45, 2.75) is 13.8 Å². The summed E-state index contributed by atoms with van der Waals surface area (Å²) >= 11 is 0. The minimum absolute atomic E-state index is 0.00193. The van der Waals surface area contributed by atoms with E-state index in [2.05, 4.69) is 15.6 Å². The van der Waals surface area contributed by atoms with Gasteiger partial charge in [-0.2, -0.15) is 0 Å². The van der Waals surface area contributed by atoms with Gasteiger partial charge in [-0.25, -0.2) is 4.98 Å². The van der Waals surface area contributed by atoms with Crippen molar-refractivity contribution in [1.29, 1.82) is 0 Å². The topological polar surface area (TPSA) is 80.3 Å². The van der Waals surface area contributed by atoms with Crippen LogP contribution in [0, 0.1) is 0 Å². The van der Waals surface area contributed by atoms with Gasteiger partial charge < -0.3 is 15.4 Å². The number of ketones is 1. The van der Waals surface area contributed by atoms with Crippen molar-refractivity contribution in [2.75, 3.05) is 17.2 Å². The van der Waals surface area contributed by atoms with Crippen molar-refractivity contribution < 1.29 is 14.3 Å². The highest BCUT2D eigenvalue weighted by Gasteiger charge is 2.08. The van der Waals surface area contributed by atoms with E-state index < -0.39 is 0 Å². The number of ether oxygens (including phenoxy) is 1. The Morgan fingerprint density at radius 1 is 0.964 bits per heavy atom. The summed E-state index contributed by atoms with van der Waals surface area (Å²) in [6.45, 7) is 4.03. The van der Waals surface area contributed by atoms with Crippen LogP contribution in [0.1, 0.15) is 34.6 Å². The fraction of sp³-hybridized carbons (Fsp3) is 0.136. The molecule has 1 amide bonds. The maximum absolute atomic E-state index is 12.4. The van der Waals surface area contributed by atoms with Gasteiger partial charge in [0, 0.05) is 23.1 Å². The minimum Gasteiger partial charge on any atom is -0.494 e. The zero-order valence-electron chi connectivity index (χ0n) is 15.7. The highest BCUT2D eigenvalue weighted by atomic mass is 16.5. The second-order valence-corrected chi connectivity index (χ2v) is 6.11. The van der Waals surface area contributed by atoms with Crippen LogP contribution >= 0.6 is 0 Å². The number of Topliss-reactive ketones (excluding diaryl/α,β-unsaturated/α-hetero) is 1. The van der Waals surface area contributed by atoms with E-state index >= 15 is 0 Å². The lowest BCUT2D eigenvalue weighted by molar-refractivity contribution is 0.101. The number of anilines is 3. The van der Waals surface area contributed by atoms with Crippen LogP contribution in [0.2, 0.25) is 0 Å². The number of nitrogens with one attached hydrogen (secondary N) is 2. The Kier molecular flexibility index (Phi) is 6.01. The zero-order valence-corrected chi connectivity index (χ0v) is 15.7. The summed E-state index contributed by atoms with van der Waals surface area (Å²) in [5, 5.41) is 5.95. The summed E-state index contributed by atoms with van der Waals surface area (Å²) in [4.78, 5) is 28.1. The number of amides is 1. The van der Waals surface area contributed by atoms with Crippen LogP contribution in [0.15, 0.2) is 66.9 Å². The Bertz CT molecular complexity index is 967. The number of nitrogens with zero attached hydrogens (tertiary/aromatic N) is 1. The Balaban J connectivity index is 1.64. The van der Waals surface area contributed by atoms with Crippen LogP contribution < -0.4 is 15.4 Å². The maximum Gasteiger partial charge on any atom is 0.257 e. The van der Waals surface area contributed by atoms with E-state index in [-0.39, 0.29) is 11.7 Å². The molecule has 0 atom stereocenters. The van der Waals surface area contributed by atoms with Crippen LogP contribution in [0.5, 0.6) is 5.75 Å². The van der Waals surface area contributed by atoms with Gasteiger partial charge in [0.15, 0.2) is 5.78 Å². The zero-order chi connectivity index (χ0) is 19.9. The molecule has 0 aliphatic carbocycles. The predicted molar refractivity (Wildman–Crippen MR) is 110 cm³/mol. The summed E-state index contributed by atoms with van der Waals surface area (Å²) in [5.74, 6) is 1.09. The number of carbonyl (C=O) groups is 2. The molecule has 3 rings (SSSR count). The largest absolute Gasteiger partial charge is 0.494 e. The molecule has 2 aromatic carbocycles. The van der Waals surface area contributed by atoms with Crippen LogP contribution in [-0.2, 0) is 0 Å². The Morgan fingerprint density at radius 2 is 1.75 bits per heavy atom. The van der Waals surface area contributed by atoms with Gasteiger partial charge in [0.05, 0.1) is 12.2 Å². The normalized spacial score (nSPS) is 10.2. The van der Waals surface area contributed by atoms with Crippen molar-refractivity contribution in [3.8, 4) is 5.75 Å². The van der Waals surface area contributed by atoms with Gasteiger partial charge in [-0.3, -0.25) is 9.59 Å². The van der Waals surface area contributed by atoms with Crippen molar-refractivity contribution >= 4 is 28.9 Å². The third kappa shape index (κ3) is 4.94. The number of pyridine rings is 1. The summed E-state index contributed by atoms with van der Waals surface area (Å²) in [5.41, 5.74) is 2.50. The SMILES string of the molecule is CCOc1ccc(NC(=O)c2ccc(Nc3cccc(C(C)=O)c3)nc2)cc1. The number of hydrogen-bond acceptors (Lipinski definition) is 5. The maximum atomic E-state index is 12.4. The molecule has 1 aromatic heterocycles. The van der Waals surface area contributed by atoms with Gasteiger partial charge >= 0.3 is 0 Å². The predicted octanol–water partition coefficient (Wildman–Crippen LogP) is 4.68. The van der Waals surface area contributed by atoms with Gasteiger partial charge in [-0.1, -0.05) is 12.1 Å². The molecule has 6 nitrogen and oxygen atoms in total. The number of carbonyl (C=O) groups excluding carboxylic acids is 2. The molecular formula is C22H21N3O3. The lowest BCUT2D eigenvalue weighted by Crippen LogP contribution is -2.12. The molecule has 28 heavy (non-hydrogen) atoms. The molecule has 6 heteroatoms. The summed E-state index contributed by atoms with van der Waals surface area (Å²) in [6, 6.07) is 17.8. The van der Waals surface area contributed by atoms with Crippen molar-refractivity contribution in [3.05, 3.63) is 78.0 Å². The standard InChI is InChI=1S/C22H21N3O3/c1-3-28-20-10-8-18(9-11-20)25-22(27)17-7-12-21(23-14-17)24-19-6-4-5-16(13-19)15(2)26/h4-14H,3H2,1-2H3,(H,23,24)(H,25,27). The number of benzene rings is 2. The molecular weight excluding hydrogens is 354 g/mol. The highest BCUT2D eigenvalue weighted by Crippen LogP contribution is 2.18. The van der Waals surface area contributed by atoms with Gasteiger partial charge in [0.2, 0.25) is 0 Å². The lowest BCUT2D eigenvalue weighted by Gasteiger charge is -2.09. The minimum atomic E-state index is -0.248. The van der Waals surface area contributed by atoms with E-state index in [4.69, 9.17) is 4.74 Å². The molecule has 0 saturated heterocycles. The quantitative estimate of drug-likeness (QED) is 0.586. The van der Waals surface area contributed by atoms with Gasteiger partial charge in [-0.05, 0) is 62.4 Å². The molecule has 3 aromatic rings. The third-order valence-electron chi connectivity index (χ3n) is 3.99. The van der Waals surface area contributed by atoms with E-state index in [0.29, 0.717) is 29.2 Å². The average Bonchev–Trinajstić information content (AvgIpc) is 2.70. The molecule has 0 aliphatic rings. The number of aromatic nitrogens is 1. The first-order valence-electron chi connectivity index (χ1n) is 8.93. The molecule has 0 spiro atoms. The fourth-order valence-electron chi connectivity index (χ4n) is 2.57. The summed E-state index contributed by atoms with van der Waals surface area (Å²) in [7, 11) is 0. The first-order valence-corrected chi connectivity index (χ1v) is 8.93. The second kappa shape index (κ2) is 8.81. The fourth-order valence-corrected chi connectivity index (χ4v) is 2.57. The molecule has 0 radical (unpaired) electrons.